The second-order valence-corrected chi connectivity index (χ2v) is 6.15. The topological polar surface area (TPSA) is 75.6 Å². The summed E-state index contributed by atoms with van der Waals surface area (Å²) in [4.78, 5) is 22.9. The number of hydrogen-bond donors (Lipinski definition) is 2. The van der Waals surface area contributed by atoms with Gasteiger partial charge in [0.2, 0.25) is 0 Å². The molecule has 1 aromatic carbocycles. The van der Waals surface area contributed by atoms with Gasteiger partial charge in [0, 0.05) is 6.42 Å². The van der Waals surface area contributed by atoms with Gasteiger partial charge in [-0.05, 0) is 63.4 Å². The molecular weight excluding hydrogens is 270 g/mol. The van der Waals surface area contributed by atoms with E-state index in [1.165, 1.54) is 0 Å². The van der Waals surface area contributed by atoms with Crippen LogP contribution in [0.3, 0.4) is 0 Å². The van der Waals surface area contributed by atoms with Gasteiger partial charge in [0.25, 0.3) is 0 Å². The monoisotopic (exact) mass is 293 g/mol. The van der Waals surface area contributed by atoms with Crippen LogP contribution in [0.25, 0.3) is 0 Å². The van der Waals surface area contributed by atoms with Gasteiger partial charge in [-0.15, -0.1) is 0 Å². The van der Waals surface area contributed by atoms with E-state index in [-0.39, 0.29) is 5.75 Å². The standard InChI is InChI=1S/C16H23NO4/c1-10-6-13(19)7-11(2)14(10)8-12(9-18)17-15(20)21-16(3,4)5/h6-7,9,12,19H,8H2,1-5H3,(H,17,20). The van der Waals surface area contributed by atoms with E-state index in [9.17, 15) is 14.7 Å². The number of phenolic OH excluding ortho intramolecular Hbond substituents is 1. The summed E-state index contributed by atoms with van der Waals surface area (Å²) in [7, 11) is 0. The van der Waals surface area contributed by atoms with Gasteiger partial charge in [-0.3, -0.25) is 0 Å². The molecule has 0 aliphatic carbocycles. The molecule has 0 radical (unpaired) electrons. The van der Waals surface area contributed by atoms with Crippen molar-refractivity contribution in [1.82, 2.24) is 5.32 Å². The molecule has 0 saturated carbocycles. The fourth-order valence-electron chi connectivity index (χ4n) is 2.10. The molecule has 1 unspecified atom stereocenters. The number of hydrogen-bond acceptors (Lipinski definition) is 4. The van der Waals surface area contributed by atoms with Gasteiger partial charge in [-0.25, -0.2) is 4.79 Å². The molecule has 21 heavy (non-hydrogen) atoms. The second-order valence-electron chi connectivity index (χ2n) is 6.15. The van der Waals surface area contributed by atoms with Crippen molar-refractivity contribution in [3.8, 4) is 5.75 Å². The lowest BCUT2D eigenvalue weighted by Gasteiger charge is -2.22. The van der Waals surface area contributed by atoms with Crippen molar-refractivity contribution in [2.45, 2.75) is 52.7 Å². The van der Waals surface area contributed by atoms with Gasteiger partial charge in [0.1, 0.15) is 17.6 Å². The minimum atomic E-state index is -0.665. The molecule has 5 nitrogen and oxygen atoms in total. The molecular formula is C16H23NO4. The van der Waals surface area contributed by atoms with Crippen molar-refractivity contribution >= 4 is 12.4 Å². The fourth-order valence-corrected chi connectivity index (χ4v) is 2.10. The van der Waals surface area contributed by atoms with Crippen LogP contribution in [-0.2, 0) is 16.0 Å². The maximum absolute atomic E-state index is 11.7. The number of ether oxygens (including phenoxy) is 1. The van der Waals surface area contributed by atoms with Crippen molar-refractivity contribution in [3.05, 3.63) is 28.8 Å². The number of benzene rings is 1. The summed E-state index contributed by atoms with van der Waals surface area (Å²) in [5.41, 5.74) is 2.08. The predicted octanol–water partition coefficient (Wildman–Crippen LogP) is 2.64. The molecule has 1 atom stereocenters. The highest BCUT2D eigenvalue weighted by Crippen LogP contribution is 2.21. The summed E-state index contributed by atoms with van der Waals surface area (Å²) >= 11 is 0. The fraction of sp³-hybridized carbons (Fsp3) is 0.500. The van der Waals surface area contributed by atoms with E-state index in [2.05, 4.69) is 5.32 Å². The summed E-state index contributed by atoms with van der Waals surface area (Å²) in [5, 5.41) is 12.1. The molecule has 0 bridgehead atoms. The third kappa shape index (κ3) is 5.45. The molecule has 1 rings (SSSR count). The van der Waals surface area contributed by atoms with Crippen molar-refractivity contribution in [2.24, 2.45) is 0 Å². The molecule has 0 aliphatic rings. The maximum Gasteiger partial charge on any atom is 0.408 e. The molecule has 0 aliphatic heterocycles. The smallest absolute Gasteiger partial charge is 0.408 e. The van der Waals surface area contributed by atoms with Crippen LogP contribution in [0, 0.1) is 13.8 Å². The minimum absolute atomic E-state index is 0.191. The molecule has 0 fully saturated rings. The molecule has 0 aromatic heterocycles. The molecule has 0 saturated heterocycles. The third-order valence-electron chi connectivity index (χ3n) is 2.97. The first-order valence-corrected chi connectivity index (χ1v) is 6.86. The Morgan fingerprint density at radius 1 is 1.33 bits per heavy atom. The zero-order chi connectivity index (χ0) is 16.2. The largest absolute Gasteiger partial charge is 0.508 e. The van der Waals surface area contributed by atoms with Gasteiger partial charge in [-0.1, -0.05) is 0 Å². The number of aldehydes is 1. The number of carbonyl (C=O) groups excluding carboxylic acids is 2. The average molecular weight is 293 g/mol. The summed E-state index contributed by atoms with van der Waals surface area (Å²) in [6.07, 6.45) is 0.435. The summed E-state index contributed by atoms with van der Waals surface area (Å²) in [6.45, 7) is 9.00. The number of amides is 1. The van der Waals surface area contributed by atoms with E-state index in [1.54, 1.807) is 32.9 Å². The highest BCUT2D eigenvalue weighted by atomic mass is 16.6. The van der Waals surface area contributed by atoms with Crippen LogP contribution in [-0.4, -0.2) is 29.1 Å². The van der Waals surface area contributed by atoms with Crippen LogP contribution in [0.1, 0.15) is 37.5 Å². The zero-order valence-electron chi connectivity index (χ0n) is 13.2. The van der Waals surface area contributed by atoms with Gasteiger partial charge in [0.05, 0.1) is 6.04 Å². The number of alkyl carbamates (subject to hydrolysis) is 1. The first-order chi connectivity index (χ1) is 9.62. The predicted molar refractivity (Wildman–Crippen MR) is 80.5 cm³/mol. The first-order valence-electron chi connectivity index (χ1n) is 6.86. The number of aryl methyl sites for hydroxylation is 2. The minimum Gasteiger partial charge on any atom is -0.508 e. The number of aromatic hydroxyl groups is 1. The van der Waals surface area contributed by atoms with Gasteiger partial charge in [0.15, 0.2) is 0 Å². The third-order valence-corrected chi connectivity index (χ3v) is 2.97. The van der Waals surface area contributed by atoms with Crippen LogP contribution in [0.2, 0.25) is 0 Å². The van der Waals surface area contributed by atoms with E-state index < -0.39 is 17.7 Å². The number of rotatable bonds is 4. The number of nitrogens with one attached hydrogen (secondary N) is 1. The quantitative estimate of drug-likeness (QED) is 0.837. The highest BCUT2D eigenvalue weighted by Gasteiger charge is 2.20. The average Bonchev–Trinajstić information content (AvgIpc) is 2.29. The lowest BCUT2D eigenvalue weighted by atomic mass is 9.96. The zero-order valence-corrected chi connectivity index (χ0v) is 13.2. The summed E-state index contributed by atoms with van der Waals surface area (Å²) in [6, 6.07) is 2.61. The lowest BCUT2D eigenvalue weighted by molar-refractivity contribution is -0.109. The van der Waals surface area contributed by atoms with Crippen molar-refractivity contribution in [2.75, 3.05) is 0 Å². The van der Waals surface area contributed by atoms with Crippen molar-refractivity contribution in [3.63, 3.8) is 0 Å². The Labute approximate surface area is 125 Å². The number of carbonyl (C=O) groups is 2. The van der Waals surface area contributed by atoms with Gasteiger partial charge >= 0.3 is 6.09 Å². The Bertz CT molecular complexity index is 509. The Morgan fingerprint density at radius 2 is 1.86 bits per heavy atom. The molecule has 0 spiro atoms. The van der Waals surface area contributed by atoms with E-state index in [0.717, 1.165) is 16.7 Å². The van der Waals surface area contributed by atoms with Gasteiger partial charge in [-0.2, -0.15) is 0 Å². The van der Waals surface area contributed by atoms with E-state index in [0.29, 0.717) is 12.7 Å². The van der Waals surface area contributed by atoms with Crippen LogP contribution in [0.15, 0.2) is 12.1 Å². The Morgan fingerprint density at radius 3 is 2.29 bits per heavy atom. The van der Waals surface area contributed by atoms with Crippen molar-refractivity contribution < 1.29 is 19.4 Å². The molecule has 1 aromatic rings. The first kappa shape index (κ1) is 17.0. The van der Waals surface area contributed by atoms with Crippen LogP contribution < -0.4 is 5.32 Å². The maximum atomic E-state index is 11.7. The Hall–Kier alpha value is -2.04. The van der Waals surface area contributed by atoms with Crippen molar-refractivity contribution in [1.29, 1.82) is 0 Å². The van der Waals surface area contributed by atoms with Gasteiger partial charge < -0.3 is 20.0 Å². The molecule has 1 amide bonds. The van der Waals surface area contributed by atoms with E-state index in [4.69, 9.17) is 4.74 Å². The SMILES string of the molecule is Cc1cc(O)cc(C)c1CC(C=O)NC(=O)OC(C)(C)C. The Kier molecular flexibility index (Phi) is 5.35. The Balaban J connectivity index is 2.80. The summed E-state index contributed by atoms with van der Waals surface area (Å²) < 4.78 is 5.14. The molecule has 5 heteroatoms. The van der Waals surface area contributed by atoms with E-state index >= 15 is 0 Å². The lowest BCUT2D eigenvalue weighted by Crippen LogP contribution is -2.41. The highest BCUT2D eigenvalue weighted by molar-refractivity contribution is 5.73. The van der Waals surface area contributed by atoms with Crippen LogP contribution in [0.4, 0.5) is 4.79 Å². The second kappa shape index (κ2) is 6.61. The van der Waals surface area contributed by atoms with Crippen LogP contribution in [0.5, 0.6) is 5.75 Å². The van der Waals surface area contributed by atoms with Crippen LogP contribution >= 0.6 is 0 Å². The normalized spacial score (nSPS) is 12.6. The molecule has 0 heterocycles. The molecule has 2 N–H and O–H groups in total. The summed E-state index contributed by atoms with van der Waals surface area (Å²) in [5.74, 6) is 0.191. The van der Waals surface area contributed by atoms with E-state index in [1.807, 2.05) is 13.8 Å². The number of phenols is 1. The molecule has 116 valence electrons.